The summed E-state index contributed by atoms with van der Waals surface area (Å²) in [4.78, 5) is 14.9. The van der Waals surface area contributed by atoms with E-state index in [1.807, 2.05) is 31.2 Å². The third kappa shape index (κ3) is 6.28. The molecule has 0 saturated carbocycles. The molecule has 2 atom stereocenters. The Morgan fingerprint density at radius 3 is 2.48 bits per heavy atom. The Morgan fingerprint density at radius 1 is 1.19 bits per heavy atom. The number of sulfone groups is 1. The van der Waals surface area contributed by atoms with Gasteiger partial charge in [-0.25, -0.2) is 8.42 Å². The molecule has 1 saturated heterocycles. The summed E-state index contributed by atoms with van der Waals surface area (Å²) in [6.07, 6.45) is -0.454. The monoisotopic (exact) mass is 485 g/mol. The van der Waals surface area contributed by atoms with Crippen molar-refractivity contribution in [3.05, 3.63) is 58.1 Å². The smallest absolute Gasteiger partial charge is 0.263 e. The maximum absolute atomic E-state index is 13.3. The highest BCUT2D eigenvalue weighted by Gasteiger charge is 2.36. The summed E-state index contributed by atoms with van der Waals surface area (Å²) in [5.41, 5.74) is 0.873. The van der Waals surface area contributed by atoms with E-state index in [1.54, 1.807) is 24.0 Å². The van der Waals surface area contributed by atoms with Gasteiger partial charge in [-0.3, -0.25) is 4.79 Å². The summed E-state index contributed by atoms with van der Waals surface area (Å²) in [5.74, 6) is 0.795. The van der Waals surface area contributed by atoms with Crippen LogP contribution in [0.5, 0.6) is 11.5 Å². The Hall–Kier alpha value is -1.96. The quantitative estimate of drug-likeness (QED) is 0.554. The van der Waals surface area contributed by atoms with E-state index in [-0.39, 0.29) is 24.0 Å². The van der Waals surface area contributed by atoms with Crippen LogP contribution >= 0.6 is 23.2 Å². The lowest BCUT2D eigenvalue weighted by molar-refractivity contribution is -0.140. The molecule has 3 rings (SSSR count). The van der Waals surface area contributed by atoms with E-state index in [4.69, 9.17) is 32.7 Å². The van der Waals surface area contributed by atoms with Crippen LogP contribution in [0.15, 0.2) is 42.5 Å². The molecule has 1 heterocycles. The van der Waals surface area contributed by atoms with Crippen LogP contribution < -0.4 is 9.47 Å². The summed E-state index contributed by atoms with van der Waals surface area (Å²) < 4.78 is 35.4. The van der Waals surface area contributed by atoms with Gasteiger partial charge in [-0.15, -0.1) is 0 Å². The lowest BCUT2D eigenvalue weighted by Crippen LogP contribution is -2.46. The number of halogens is 2. The molecule has 0 aliphatic carbocycles. The van der Waals surface area contributed by atoms with Gasteiger partial charge in [0.15, 0.2) is 15.9 Å². The lowest BCUT2D eigenvalue weighted by atomic mass is 10.1. The van der Waals surface area contributed by atoms with Crippen LogP contribution in [0.2, 0.25) is 10.0 Å². The molecule has 2 aromatic carbocycles. The predicted molar refractivity (Wildman–Crippen MR) is 122 cm³/mol. The van der Waals surface area contributed by atoms with Crippen LogP contribution in [0, 0.1) is 0 Å². The topological polar surface area (TPSA) is 72.9 Å². The van der Waals surface area contributed by atoms with Crippen molar-refractivity contribution in [2.45, 2.75) is 39.0 Å². The first-order valence-electron chi connectivity index (χ1n) is 10.0. The zero-order chi connectivity index (χ0) is 22.6. The molecular formula is C22H25Cl2NO5S. The van der Waals surface area contributed by atoms with Crippen molar-refractivity contribution in [1.82, 2.24) is 4.90 Å². The average Bonchev–Trinajstić information content (AvgIpc) is 3.08. The Labute approximate surface area is 193 Å². The number of amides is 1. The predicted octanol–water partition coefficient (Wildman–Crippen LogP) is 4.38. The van der Waals surface area contributed by atoms with Gasteiger partial charge in [0.05, 0.1) is 23.1 Å². The van der Waals surface area contributed by atoms with Gasteiger partial charge in [-0.1, -0.05) is 35.3 Å². The molecule has 0 N–H and O–H groups in total. The molecule has 168 valence electrons. The Bertz CT molecular complexity index is 1030. The van der Waals surface area contributed by atoms with Gasteiger partial charge >= 0.3 is 0 Å². The molecule has 2 unspecified atom stereocenters. The second kappa shape index (κ2) is 10.1. The minimum atomic E-state index is -3.17. The molecule has 0 radical (unpaired) electrons. The van der Waals surface area contributed by atoms with E-state index in [0.717, 1.165) is 11.3 Å². The zero-order valence-corrected chi connectivity index (χ0v) is 19.7. The molecule has 31 heavy (non-hydrogen) atoms. The van der Waals surface area contributed by atoms with Crippen LogP contribution in [0.25, 0.3) is 0 Å². The van der Waals surface area contributed by atoms with Gasteiger partial charge in [0, 0.05) is 17.6 Å². The van der Waals surface area contributed by atoms with Crippen LogP contribution in [0.4, 0.5) is 0 Å². The number of carbonyl (C=O) groups is 1. The number of hydrogen-bond donors (Lipinski definition) is 0. The zero-order valence-electron chi connectivity index (χ0n) is 17.4. The van der Waals surface area contributed by atoms with E-state index in [0.29, 0.717) is 28.8 Å². The van der Waals surface area contributed by atoms with Crippen molar-refractivity contribution in [1.29, 1.82) is 0 Å². The number of rotatable bonds is 8. The van der Waals surface area contributed by atoms with Crippen molar-refractivity contribution in [3.8, 4) is 11.5 Å². The van der Waals surface area contributed by atoms with Gasteiger partial charge in [0.2, 0.25) is 0 Å². The second-order valence-corrected chi connectivity index (χ2v) is 10.5. The highest BCUT2D eigenvalue weighted by molar-refractivity contribution is 7.91. The maximum Gasteiger partial charge on any atom is 0.263 e. The minimum Gasteiger partial charge on any atom is -0.494 e. The first-order valence-corrected chi connectivity index (χ1v) is 12.6. The van der Waals surface area contributed by atoms with Crippen LogP contribution in [0.3, 0.4) is 0 Å². The molecule has 6 nitrogen and oxygen atoms in total. The molecule has 0 spiro atoms. The maximum atomic E-state index is 13.3. The molecule has 1 amide bonds. The molecule has 1 aliphatic heterocycles. The third-order valence-corrected chi connectivity index (χ3v) is 7.35. The number of carbonyl (C=O) groups excluding carboxylic acids is 1. The molecule has 0 aromatic heterocycles. The van der Waals surface area contributed by atoms with Crippen LogP contribution in [-0.4, -0.2) is 49.5 Å². The van der Waals surface area contributed by atoms with Crippen LogP contribution in [0.1, 0.15) is 25.8 Å². The van der Waals surface area contributed by atoms with Gasteiger partial charge in [-0.05, 0) is 56.2 Å². The summed E-state index contributed by atoms with van der Waals surface area (Å²) in [6.45, 7) is 4.37. The normalized spacial score (nSPS) is 18.4. The van der Waals surface area contributed by atoms with Gasteiger partial charge in [-0.2, -0.15) is 0 Å². The molecule has 2 aromatic rings. The van der Waals surface area contributed by atoms with Crippen molar-refractivity contribution in [3.63, 3.8) is 0 Å². The standard InChI is InChI=1S/C22H25Cl2NO5S/c1-3-29-19-7-4-16(5-8-19)13-25(18-10-11-31(27,28)14-18)22(26)15(2)30-21-9-6-17(23)12-20(21)24/h4-9,12,15,18H,3,10-11,13-14H2,1-2H3. The Balaban J connectivity index is 1.80. The second-order valence-electron chi connectivity index (χ2n) is 7.43. The Morgan fingerprint density at radius 2 is 1.90 bits per heavy atom. The fourth-order valence-electron chi connectivity index (χ4n) is 3.51. The van der Waals surface area contributed by atoms with E-state index >= 15 is 0 Å². The van der Waals surface area contributed by atoms with Crippen LogP contribution in [-0.2, 0) is 21.2 Å². The average molecular weight is 486 g/mol. The largest absolute Gasteiger partial charge is 0.494 e. The molecule has 1 fully saturated rings. The summed E-state index contributed by atoms with van der Waals surface area (Å²) in [5, 5.41) is 0.762. The molecule has 9 heteroatoms. The number of nitrogens with zero attached hydrogens (tertiary/aromatic N) is 1. The Kier molecular flexibility index (Phi) is 7.73. The van der Waals surface area contributed by atoms with E-state index in [2.05, 4.69) is 0 Å². The van der Waals surface area contributed by atoms with Crippen molar-refractivity contribution >= 4 is 38.9 Å². The fourth-order valence-corrected chi connectivity index (χ4v) is 5.69. The first-order chi connectivity index (χ1) is 14.7. The number of benzene rings is 2. The van der Waals surface area contributed by atoms with Crippen molar-refractivity contribution < 1.29 is 22.7 Å². The van der Waals surface area contributed by atoms with E-state index < -0.39 is 22.0 Å². The summed E-state index contributed by atoms with van der Waals surface area (Å²) in [6, 6.07) is 11.8. The first kappa shape index (κ1) is 23.7. The molecule has 1 aliphatic rings. The highest BCUT2D eigenvalue weighted by Crippen LogP contribution is 2.29. The number of ether oxygens (including phenoxy) is 2. The molecule has 0 bridgehead atoms. The van der Waals surface area contributed by atoms with Gasteiger partial charge < -0.3 is 14.4 Å². The van der Waals surface area contributed by atoms with Crippen molar-refractivity contribution in [2.75, 3.05) is 18.1 Å². The minimum absolute atomic E-state index is 0.0514. The lowest BCUT2D eigenvalue weighted by Gasteiger charge is -2.31. The van der Waals surface area contributed by atoms with E-state index in [9.17, 15) is 13.2 Å². The van der Waals surface area contributed by atoms with Crippen molar-refractivity contribution in [2.24, 2.45) is 0 Å². The molecular weight excluding hydrogens is 461 g/mol. The third-order valence-electron chi connectivity index (χ3n) is 5.06. The van der Waals surface area contributed by atoms with Gasteiger partial charge in [0.1, 0.15) is 11.5 Å². The fraction of sp³-hybridized carbons (Fsp3) is 0.409. The van der Waals surface area contributed by atoms with E-state index in [1.165, 1.54) is 6.07 Å². The SMILES string of the molecule is CCOc1ccc(CN(C(=O)C(C)Oc2ccc(Cl)cc2Cl)C2CCS(=O)(=O)C2)cc1. The number of hydrogen-bond acceptors (Lipinski definition) is 5. The highest BCUT2D eigenvalue weighted by atomic mass is 35.5. The summed E-state index contributed by atoms with van der Waals surface area (Å²) >= 11 is 12.1. The summed E-state index contributed by atoms with van der Waals surface area (Å²) in [7, 11) is -3.17. The van der Waals surface area contributed by atoms with Gasteiger partial charge in [0.25, 0.3) is 5.91 Å².